The van der Waals surface area contributed by atoms with Gasteiger partial charge in [0.25, 0.3) is 8.32 Å². The fourth-order valence-corrected chi connectivity index (χ4v) is 8.09. The molecule has 0 aromatic rings. The van der Waals surface area contributed by atoms with Gasteiger partial charge in [-0.15, -0.1) is 0 Å². The molecule has 0 saturated heterocycles. The maximum atomic E-state index is 11.9. The monoisotopic (exact) mass is 288 g/mol. The average molecular weight is 289 g/mol. The van der Waals surface area contributed by atoms with Crippen LogP contribution in [0.3, 0.4) is 0 Å². The van der Waals surface area contributed by atoms with Crippen LogP contribution >= 0.6 is 0 Å². The number of carbonyl (C=O) groups excluding carboxylic acids is 1. The summed E-state index contributed by atoms with van der Waals surface area (Å²) in [5.41, 5.74) is 1.20. The highest BCUT2D eigenvalue weighted by molar-refractivity contribution is 6.78. The largest absolute Gasteiger partial charge is 0.494 e. The van der Waals surface area contributed by atoms with Gasteiger partial charge in [-0.05, 0) is 23.0 Å². The fourth-order valence-electron chi connectivity index (χ4n) is 3.03. The van der Waals surface area contributed by atoms with Crippen LogP contribution in [-0.2, 0) is 9.16 Å². The second-order valence-electron chi connectivity index (χ2n) is 6.23. The number of unbranched alkanes of at least 4 members (excludes halogenated alkanes) is 2. The summed E-state index contributed by atoms with van der Waals surface area (Å²) in [5, 5.41) is 0. The summed E-state index contributed by atoms with van der Waals surface area (Å²) in [7, 11) is -2.13. The van der Waals surface area contributed by atoms with Crippen molar-refractivity contribution in [3.05, 3.63) is 0 Å². The van der Waals surface area contributed by atoms with E-state index in [4.69, 9.17) is 9.16 Å². The Bertz CT molecular complexity index is 240. The third-order valence-corrected chi connectivity index (χ3v) is 9.87. The molecule has 0 saturated carbocycles. The van der Waals surface area contributed by atoms with Crippen molar-refractivity contribution in [1.82, 2.24) is 0 Å². The smallest absolute Gasteiger partial charge is 0.488 e. The molecule has 0 rings (SSSR count). The third kappa shape index (κ3) is 5.17. The second-order valence-corrected chi connectivity index (χ2v) is 11.6. The van der Waals surface area contributed by atoms with Gasteiger partial charge in [-0.25, -0.2) is 4.79 Å². The molecule has 0 spiro atoms. The van der Waals surface area contributed by atoms with E-state index >= 15 is 0 Å². The van der Waals surface area contributed by atoms with Crippen LogP contribution in [0.1, 0.15) is 67.7 Å². The third-order valence-electron chi connectivity index (χ3n) is 3.94. The van der Waals surface area contributed by atoms with Gasteiger partial charge < -0.3 is 9.16 Å². The van der Waals surface area contributed by atoms with Gasteiger partial charge in [0.15, 0.2) is 0 Å². The summed E-state index contributed by atoms with van der Waals surface area (Å²) in [6, 6.07) is 0. The van der Waals surface area contributed by atoms with Gasteiger partial charge in [-0.3, -0.25) is 0 Å². The van der Waals surface area contributed by atoms with Crippen molar-refractivity contribution in [3.63, 3.8) is 0 Å². The molecule has 0 aliphatic rings. The summed E-state index contributed by atoms with van der Waals surface area (Å²) in [6.45, 7) is 15.6. The fraction of sp³-hybridized carbons (Fsp3) is 0.933. The van der Waals surface area contributed by atoms with Crippen molar-refractivity contribution >= 4 is 14.5 Å². The Morgan fingerprint density at radius 2 is 1.42 bits per heavy atom. The van der Waals surface area contributed by atoms with Crippen molar-refractivity contribution in [2.24, 2.45) is 0 Å². The molecule has 0 unspecified atom stereocenters. The zero-order chi connectivity index (χ0) is 15.1. The highest BCUT2D eigenvalue weighted by Crippen LogP contribution is 2.42. The number of hydrogen-bond acceptors (Lipinski definition) is 3. The zero-order valence-electron chi connectivity index (χ0n) is 13.8. The average Bonchev–Trinajstić information content (AvgIpc) is 2.30. The summed E-state index contributed by atoms with van der Waals surface area (Å²) >= 11 is 0. The molecular weight excluding hydrogens is 256 g/mol. The predicted octanol–water partition coefficient (Wildman–Crippen LogP) is 5.51. The van der Waals surface area contributed by atoms with Gasteiger partial charge in [-0.1, -0.05) is 61.3 Å². The van der Waals surface area contributed by atoms with Crippen LogP contribution in [0.25, 0.3) is 0 Å². The molecule has 0 atom stereocenters. The van der Waals surface area contributed by atoms with Crippen LogP contribution in [0.5, 0.6) is 0 Å². The highest BCUT2D eigenvalue weighted by Gasteiger charge is 2.48. The van der Waals surface area contributed by atoms with Crippen LogP contribution in [-0.4, -0.2) is 21.1 Å². The molecule has 0 radical (unpaired) electrons. The Balaban J connectivity index is 4.61. The first-order chi connectivity index (χ1) is 8.78. The lowest BCUT2D eigenvalue weighted by molar-refractivity contribution is 0.0913. The maximum absolute atomic E-state index is 11.9. The van der Waals surface area contributed by atoms with Crippen LogP contribution in [0, 0.1) is 0 Å². The van der Waals surface area contributed by atoms with Gasteiger partial charge in [0.1, 0.15) is 0 Å². The minimum atomic E-state index is -2.13. The van der Waals surface area contributed by atoms with Crippen molar-refractivity contribution in [3.8, 4) is 0 Å². The summed E-state index contributed by atoms with van der Waals surface area (Å²) in [6.07, 6.45) is 2.68. The lowest BCUT2D eigenvalue weighted by atomic mass is 10.3. The Hall–Kier alpha value is -0.513. The first kappa shape index (κ1) is 18.5. The van der Waals surface area contributed by atoms with Crippen LogP contribution in [0.15, 0.2) is 0 Å². The Labute approximate surface area is 120 Å². The Kier molecular flexibility index (Phi) is 8.38. The maximum Gasteiger partial charge on any atom is 0.494 e. The highest BCUT2D eigenvalue weighted by atomic mass is 28.4. The SMILES string of the molecule is CCCCCOC(=O)O[Si](C(C)C)(C(C)C)C(C)C. The van der Waals surface area contributed by atoms with Gasteiger partial charge >= 0.3 is 6.16 Å². The van der Waals surface area contributed by atoms with Gasteiger partial charge in [0, 0.05) is 0 Å². The molecular formula is C15H32O3Si. The minimum Gasteiger partial charge on any atom is -0.488 e. The first-order valence-electron chi connectivity index (χ1n) is 7.64. The van der Waals surface area contributed by atoms with E-state index in [2.05, 4.69) is 48.5 Å². The molecule has 0 aliphatic carbocycles. The Morgan fingerprint density at radius 3 is 1.79 bits per heavy atom. The van der Waals surface area contributed by atoms with Gasteiger partial charge in [0.05, 0.1) is 6.61 Å². The summed E-state index contributed by atoms with van der Waals surface area (Å²) in [5.74, 6) is 0. The molecule has 4 heteroatoms. The van der Waals surface area contributed by atoms with E-state index < -0.39 is 14.5 Å². The standard InChI is InChI=1S/C15H32O3Si/c1-8-9-10-11-17-15(16)18-19(12(2)3,13(4)5)14(6)7/h12-14H,8-11H2,1-7H3. The van der Waals surface area contributed by atoms with E-state index in [0.29, 0.717) is 23.2 Å². The lowest BCUT2D eigenvalue weighted by Gasteiger charge is -2.40. The molecule has 3 nitrogen and oxygen atoms in total. The first-order valence-corrected chi connectivity index (χ1v) is 9.78. The van der Waals surface area contributed by atoms with Crippen molar-refractivity contribution < 1.29 is 14.0 Å². The van der Waals surface area contributed by atoms with E-state index in [9.17, 15) is 4.79 Å². The topological polar surface area (TPSA) is 35.5 Å². The number of hydrogen-bond donors (Lipinski definition) is 0. The van der Waals surface area contributed by atoms with Crippen LogP contribution in [0.4, 0.5) is 4.79 Å². The molecule has 0 amide bonds. The molecule has 0 heterocycles. The van der Waals surface area contributed by atoms with Gasteiger partial charge in [-0.2, -0.15) is 0 Å². The number of carbonyl (C=O) groups is 1. The van der Waals surface area contributed by atoms with Crippen molar-refractivity contribution in [2.75, 3.05) is 6.61 Å². The van der Waals surface area contributed by atoms with Crippen molar-refractivity contribution in [1.29, 1.82) is 0 Å². The molecule has 0 aromatic carbocycles. The molecule has 19 heavy (non-hydrogen) atoms. The van der Waals surface area contributed by atoms with Crippen molar-refractivity contribution in [2.45, 2.75) is 84.4 Å². The predicted molar refractivity (Wildman–Crippen MR) is 83.0 cm³/mol. The van der Waals surface area contributed by atoms with Crippen LogP contribution < -0.4 is 0 Å². The van der Waals surface area contributed by atoms with E-state index in [1.807, 2.05) is 0 Å². The number of ether oxygens (including phenoxy) is 1. The molecule has 0 bridgehead atoms. The zero-order valence-corrected chi connectivity index (χ0v) is 14.8. The van der Waals surface area contributed by atoms with E-state index in [0.717, 1.165) is 19.3 Å². The molecule has 0 aliphatic heterocycles. The van der Waals surface area contributed by atoms with E-state index in [-0.39, 0.29) is 0 Å². The van der Waals surface area contributed by atoms with E-state index in [1.165, 1.54) is 0 Å². The quantitative estimate of drug-likeness (QED) is 0.336. The summed E-state index contributed by atoms with van der Waals surface area (Å²) in [4.78, 5) is 11.9. The molecule has 114 valence electrons. The second kappa shape index (κ2) is 8.62. The number of rotatable bonds is 8. The normalized spacial score (nSPS) is 12.3. The molecule has 0 aromatic heterocycles. The minimum absolute atomic E-state index is 0.399. The van der Waals surface area contributed by atoms with Gasteiger partial charge in [0.2, 0.25) is 0 Å². The molecule has 0 N–H and O–H groups in total. The van der Waals surface area contributed by atoms with Crippen LogP contribution in [0.2, 0.25) is 16.6 Å². The Morgan fingerprint density at radius 1 is 0.947 bits per heavy atom. The lowest BCUT2D eigenvalue weighted by Crippen LogP contribution is -2.49. The summed E-state index contributed by atoms with van der Waals surface area (Å²) < 4.78 is 11.1. The molecule has 0 fully saturated rings. The van der Waals surface area contributed by atoms with E-state index in [1.54, 1.807) is 0 Å².